The van der Waals surface area contributed by atoms with E-state index in [4.69, 9.17) is 10.5 Å². The van der Waals surface area contributed by atoms with Gasteiger partial charge in [-0.1, -0.05) is 24.3 Å². The summed E-state index contributed by atoms with van der Waals surface area (Å²) in [5.74, 6) is -0.203. The number of methoxy groups -OCH3 is 1. The molecule has 2 aromatic rings. The Morgan fingerprint density at radius 3 is 2.29 bits per heavy atom. The van der Waals surface area contributed by atoms with Gasteiger partial charge in [0.1, 0.15) is 0 Å². The number of benzene rings is 2. The van der Waals surface area contributed by atoms with Crippen LogP contribution in [0.15, 0.2) is 48.5 Å². The molecule has 1 heterocycles. The molecule has 0 aromatic heterocycles. The summed E-state index contributed by atoms with van der Waals surface area (Å²) in [6.07, 6.45) is 2.07. The zero-order valence-corrected chi connectivity index (χ0v) is 17.9. The van der Waals surface area contributed by atoms with Crippen molar-refractivity contribution < 1.29 is 14.5 Å². The highest BCUT2D eigenvalue weighted by Gasteiger charge is 2.28. The Morgan fingerprint density at radius 2 is 1.68 bits per heavy atom. The van der Waals surface area contributed by atoms with E-state index in [1.54, 1.807) is 12.1 Å². The molecule has 31 heavy (non-hydrogen) atoms. The van der Waals surface area contributed by atoms with Gasteiger partial charge in [-0.25, -0.2) is 0 Å². The van der Waals surface area contributed by atoms with Crippen LogP contribution in [0.25, 0.3) is 0 Å². The lowest BCUT2D eigenvalue weighted by Crippen LogP contribution is -2.54. The number of rotatable bonds is 9. The van der Waals surface area contributed by atoms with Gasteiger partial charge in [0, 0.05) is 56.6 Å². The van der Waals surface area contributed by atoms with Gasteiger partial charge in [-0.2, -0.15) is 0 Å². The van der Waals surface area contributed by atoms with Crippen LogP contribution in [-0.4, -0.2) is 66.6 Å². The Morgan fingerprint density at radius 1 is 1.06 bits per heavy atom. The average Bonchev–Trinajstić information content (AvgIpc) is 2.78. The lowest BCUT2D eigenvalue weighted by molar-refractivity contribution is -0.384. The van der Waals surface area contributed by atoms with Gasteiger partial charge >= 0.3 is 5.97 Å². The monoisotopic (exact) mass is 426 g/mol. The molecule has 2 N–H and O–H groups in total. The number of carbonyl (C=O) groups is 1. The molecule has 1 atom stereocenters. The summed E-state index contributed by atoms with van der Waals surface area (Å²) in [7, 11) is 1.42. The fraction of sp³-hybridized carbons (Fsp3) is 0.435. The lowest BCUT2D eigenvalue weighted by atomic mass is 10.0. The van der Waals surface area contributed by atoms with Crippen molar-refractivity contribution >= 4 is 17.3 Å². The van der Waals surface area contributed by atoms with Crippen molar-refractivity contribution in [3.05, 3.63) is 69.8 Å². The van der Waals surface area contributed by atoms with Crippen LogP contribution in [-0.2, 0) is 22.4 Å². The molecule has 3 rings (SSSR count). The number of hydrogen-bond acceptors (Lipinski definition) is 7. The number of nitrogen functional groups attached to an aromatic ring is 1. The van der Waals surface area contributed by atoms with Crippen LogP contribution in [0.1, 0.15) is 17.5 Å². The van der Waals surface area contributed by atoms with Gasteiger partial charge in [0.25, 0.3) is 5.69 Å². The summed E-state index contributed by atoms with van der Waals surface area (Å²) >= 11 is 0. The number of nitrogens with two attached hydrogens (primary N) is 1. The zero-order chi connectivity index (χ0) is 22.2. The number of anilines is 1. The molecule has 166 valence electrons. The third-order valence-corrected chi connectivity index (χ3v) is 5.85. The van der Waals surface area contributed by atoms with Gasteiger partial charge in [-0.15, -0.1) is 0 Å². The minimum Gasteiger partial charge on any atom is -0.469 e. The summed E-state index contributed by atoms with van der Waals surface area (Å²) in [5.41, 5.74) is 8.93. The topological polar surface area (TPSA) is 102 Å². The van der Waals surface area contributed by atoms with Crippen molar-refractivity contribution in [1.82, 2.24) is 9.80 Å². The Labute approximate surface area is 182 Å². The van der Waals surface area contributed by atoms with E-state index in [2.05, 4.69) is 21.9 Å². The number of ether oxygens (including phenoxy) is 1. The van der Waals surface area contributed by atoms with Gasteiger partial charge in [-0.3, -0.25) is 19.8 Å². The number of non-ortho nitro benzene ring substituents is 1. The van der Waals surface area contributed by atoms with Gasteiger partial charge in [-0.05, 0) is 36.1 Å². The Balaban J connectivity index is 1.56. The first kappa shape index (κ1) is 22.7. The first-order valence-corrected chi connectivity index (χ1v) is 10.6. The summed E-state index contributed by atoms with van der Waals surface area (Å²) in [4.78, 5) is 27.1. The molecular formula is C23H30N4O4. The lowest BCUT2D eigenvalue weighted by Gasteiger charge is -2.41. The van der Waals surface area contributed by atoms with Crippen LogP contribution in [0.3, 0.4) is 0 Å². The van der Waals surface area contributed by atoms with E-state index in [-0.39, 0.29) is 22.6 Å². The van der Waals surface area contributed by atoms with E-state index in [0.717, 1.165) is 56.8 Å². The predicted octanol–water partition coefficient (Wildman–Crippen LogP) is 2.51. The van der Waals surface area contributed by atoms with Crippen molar-refractivity contribution in [2.24, 2.45) is 0 Å². The first-order chi connectivity index (χ1) is 14.9. The van der Waals surface area contributed by atoms with Crippen molar-refractivity contribution in [1.29, 1.82) is 0 Å². The van der Waals surface area contributed by atoms with Crippen LogP contribution < -0.4 is 5.73 Å². The third-order valence-electron chi connectivity index (χ3n) is 5.85. The van der Waals surface area contributed by atoms with Crippen LogP contribution in [0.4, 0.5) is 11.4 Å². The Bertz CT molecular complexity index is 870. The molecule has 0 spiro atoms. The molecule has 1 fully saturated rings. The third kappa shape index (κ3) is 6.77. The molecule has 1 saturated heterocycles. The van der Waals surface area contributed by atoms with Crippen LogP contribution in [0.2, 0.25) is 0 Å². The Kier molecular flexibility index (Phi) is 7.97. The van der Waals surface area contributed by atoms with Gasteiger partial charge in [0.2, 0.25) is 0 Å². The van der Waals surface area contributed by atoms with Crippen molar-refractivity contribution in [3.63, 3.8) is 0 Å². The molecule has 8 nitrogen and oxygen atoms in total. The van der Waals surface area contributed by atoms with E-state index in [0.29, 0.717) is 6.42 Å². The van der Waals surface area contributed by atoms with Crippen molar-refractivity contribution in [2.75, 3.05) is 45.6 Å². The second kappa shape index (κ2) is 10.9. The SMILES string of the molecule is COC(=O)CC1CN(CCc2ccc(N)cc2)CCN1CCc1ccc([N+](=O)[O-])cc1. The summed E-state index contributed by atoms with van der Waals surface area (Å²) < 4.78 is 4.92. The zero-order valence-electron chi connectivity index (χ0n) is 17.9. The van der Waals surface area contributed by atoms with E-state index < -0.39 is 0 Å². The fourth-order valence-corrected chi connectivity index (χ4v) is 3.95. The molecular weight excluding hydrogens is 396 g/mol. The highest BCUT2D eigenvalue weighted by molar-refractivity contribution is 5.70. The normalized spacial score (nSPS) is 17.4. The maximum Gasteiger partial charge on any atom is 0.307 e. The number of nitro benzene ring substituents is 1. The number of esters is 1. The summed E-state index contributed by atoms with van der Waals surface area (Å²) in [6.45, 7) is 4.34. The molecule has 1 aliphatic heterocycles. The van der Waals surface area contributed by atoms with E-state index >= 15 is 0 Å². The van der Waals surface area contributed by atoms with Gasteiger partial charge in [0.15, 0.2) is 0 Å². The maximum absolute atomic E-state index is 12.0. The molecule has 1 unspecified atom stereocenters. The minimum atomic E-state index is -0.389. The largest absolute Gasteiger partial charge is 0.469 e. The molecule has 0 saturated carbocycles. The number of nitrogens with zero attached hydrogens (tertiary/aromatic N) is 3. The predicted molar refractivity (Wildman–Crippen MR) is 120 cm³/mol. The molecule has 0 aliphatic carbocycles. The van der Waals surface area contributed by atoms with Crippen molar-refractivity contribution in [2.45, 2.75) is 25.3 Å². The van der Waals surface area contributed by atoms with Crippen LogP contribution in [0, 0.1) is 10.1 Å². The minimum absolute atomic E-state index is 0.0886. The molecule has 8 heteroatoms. The summed E-state index contributed by atoms with van der Waals surface area (Å²) in [5, 5.41) is 10.8. The molecule has 0 bridgehead atoms. The molecule has 0 amide bonds. The second-order valence-corrected chi connectivity index (χ2v) is 7.94. The van der Waals surface area contributed by atoms with Crippen LogP contribution in [0.5, 0.6) is 0 Å². The molecule has 2 aromatic carbocycles. The number of carbonyl (C=O) groups excluding carboxylic acids is 1. The first-order valence-electron chi connectivity index (χ1n) is 10.6. The van der Waals surface area contributed by atoms with Gasteiger partial charge in [0.05, 0.1) is 18.5 Å². The maximum atomic E-state index is 12.0. The summed E-state index contributed by atoms with van der Waals surface area (Å²) in [6, 6.07) is 14.7. The van der Waals surface area contributed by atoms with E-state index in [9.17, 15) is 14.9 Å². The quantitative estimate of drug-likeness (QED) is 0.284. The van der Waals surface area contributed by atoms with Gasteiger partial charge < -0.3 is 15.4 Å². The average molecular weight is 427 g/mol. The molecule has 0 radical (unpaired) electrons. The second-order valence-electron chi connectivity index (χ2n) is 7.94. The van der Waals surface area contributed by atoms with E-state index in [1.807, 2.05) is 12.1 Å². The smallest absolute Gasteiger partial charge is 0.307 e. The molecule has 1 aliphatic rings. The standard InChI is InChI=1S/C23H30N4O4/c1-31-23(28)16-22-17-25(12-10-18-2-6-20(24)7-3-18)14-15-26(22)13-11-19-4-8-21(9-5-19)27(29)30/h2-9,22H,10-17,24H2,1H3. The fourth-order valence-electron chi connectivity index (χ4n) is 3.95. The Hall–Kier alpha value is -2.97. The van der Waals surface area contributed by atoms with Crippen molar-refractivity contribution in [3.8, 4) is 0 Å². The number of piperazine rings is 1. The number of nitro groups is 1. The number of hydrogen-bond donors (Lipinski definition) is 1. The highest BCUT2D eigenvalue weighted by atomic mass is 16.6. The van der Waals surface area contributed by atoms with Crippen LogP contribution >= 0.6 is 0 Å². The highest BCUT2D eigenvalue weighted by Crippen LogP contribution is 2.17. The van der Waals surface area contributed by atoms with E-state index in [1.165, 1.54) is 24.8 Å².